The zero-order chi connectivity index (χ0) is 17.6. The molecule has 0 radical (unpaired) electrons. The highest BCUT2D eigenvalue weighted by Gasteiger charge is 2.02. The van der Waals surface area contributed by atoms with Gasteiger partial charge < -0.3 is 11.1 Å². The molecule has 1 aromatic heterocycles. The Bertz CT molecular complexity index is 868. The third kappa shape index (κ3) is 4.44. The fraction of sp³-hybridized carbons (Fsp3) is 0.158. The quantitative estimate of drug-likeness (QED) is 0.553. The van der Waals surface area contributed by atoms with E-state index in [1.54, 1.807) is 16.8 Å². The number of anilines is 1. The molecule has 0 spiro atoms. The number of halogens is 1. The van der Waals surface area contributed by atoms with Crippen molar-refractivity contribution in [3.63, 3.8) is 0 Å². The van der Waals surface area contributed by atoms with Crippen LogP contribution in [0.4, 0.5) is 10.1 Å². The number of hydrogen-bond acceptors (Lipinski definition) is 2. The molecule has 25 heavy (non-hydrogen) atoms. The van der Waals surface area contributed by atoms with E-state index in [-0.39, 0.29) is 5.82 Å². The van der Waals surface area contributed by atoms with Crippen LogP contribution in [-0.4, -0.2) is 15.7 Å². The Labute approximate surface area is 146 Å². The summed E-state index contributed by atoms with van der Waals surface area (Å²) >= 11 is 0. The van der Waals surface area contributed by atoms with E-state index < -0.39 is 0 Å². The van der Waals surface area contributed by atoms with Crippen LogP contribution in [0.1, 0.15) is 18.2 Å². The molecule has 3 rings (SSSR count). The second-order valence-corrected chi connectivity index (χ2v) is 5.61. The topological polar surface area (TPSA) is 68.2 Å². The maximum atomic E-state index is 13.0. The van der Waals surface area contributed by atoms with Gasteiger partial charge in [0, 0.05) is 11.9 Å². The van der Waals surface area contributed by atoms with E-state index in [4.69, 9.17) is 5.73 Å². The third-order valence-electron chi connectivity index (χ3n) is 3.75. The monoisotopic (exact) mass is 337 g/mol. The van der Waals surface area contributed by atoms with Crippen LogP contribution in [-0.2, 0) is 13.0 Å². The van der Waals surface area contributed by atoms with Crippen molar-refractivity contribution in [1.29, 1.82) is 0 Å². The van der Waals surface area contributed by atoms with E-state index in [1.807, 2.05) is 30.5 Å². The summed E-state index contributed by atoms with van der Waals surface area (Å²) in [6.45, 7) is 2.47. The minimum absolute atomic E-state index is 0.272. The number of aliphatic imine (C=N–C) groups is 1. The summed E-state index contributed by atoms with van der Waals surface area (Å²) in [6, 6.07) is 16.1. The highest BCUT2D eigenvalue weighted by molar-refractivity contribution is 5.92. The van der Waals surface area contributed by atoms with Crippen LogP contribution in [0.25, 0.3) is 5.69 Å². The Morgan fingerprint density at radius 1 is 1.20 bits per heavy atom. The standard InChI is InChI=1S/C19H20FN5/c1-2-14-4-3-5-16(12-14)23-19(21)22-13-17-10-11-25(24-17)18-8-6-15(20)7-9-18/h3-12H,2,13H2,1H3,(H3,21,22,23). The summed E-state index contributed by atoms with van der Waals surface area (Å²) < 4.78 is 14.7. The highest BCUT2D eigenvalue weighted by atomic mass is 19.1. The van der Waals surface area contributed by atoms with Crippen LogP contribution in [0.2, 0.25) is 0 Å². The van der Waals surface area contributed by atoms with Crippen molar-refractivity contribution in [2.75, 3.05) is 5.32 Å². The lowest BCUT2D eigenvalue weighted by Gasteiger charge is -2.06. The van der Waals surface area contributed by atoms with E-state index in [0.29, 0.717) is 12.5 Å². The van der Waals surface area contributed by atoms with Gasteiger partial charge >= 0.3 is 0 Å². The molecule has 0 fully saturated rings. The molecule has 0 saturated heterocycles. The molecule has 0 bridgehead atoms. The van der Waals surface area contributed by atoms with Gasteiger partial charge in [0.1, 0.15) is 5.82 Å². The Morgan fingerprint density at radius 2 is 2.00 bits per heavy atom. The number of nitrogens with one attached hydrogen (secondary N) is 1. The zero-order valence-electron chi connectivity index (χ0n) is 14.0. The predicted molar refractivity (Wildman–Crippen MR) is 98.3 cm³/mol. The predicted octanol–water partition coefficient (Wildman–Crippen LogP) is 3.50. The lowest BCUT2D eigenvalue weighted by molar-refractivity contribution is 0.627. The van der Waals surface area contributed by atoms with Crippen molar-refractivity contribution < 1.29 is 4.39 Å². The number of hydrogen-bond donors (Lipinski definition) is 2. The number of nitrogens with zero attached hydrogens (tertiary/aromatic N) is 3. The molecule has 0 saturated carbocycles. The van der Waals surface area contributed by atoms with E-state index >= 15 is 0 Å². The zero-order valence-corrected chi connectivity index (χ0v) is 14.0. The smallest absolute Gasteiger partial charge is 0.193 e. The molecule has 6 heteroatoms. The molecule has 0 atom stereocenters. The van der Waals surface area contributed by atoms with Crippen molar-refractivity contribution >= 4 is 11.6 Å². The number of nitrogens with two attached hydrogens (primary N) is 1. The summed E-state index contributed by atoms with van der Waals surface area (Å²) in [5.41, 5.74) is 9.65. The summed E-state index contributed by atoms with van der Waals surface area (Å²) in [5, 5.41) is 7.50. The van der Waals surface area contributed by atoms with Crippen LogP contribution in [0, 0.1) is 5.82 Å². The number of rotatable bonds is 5. The first-order chi connectivity index (χ1) is 12.1. The summed E-state index contributed by atoms with van der Waals surface area (Å²) in [6.07, 6.45) is 2.78. The largest absolute Gasteiger partial charge is 0.370 e. The molecular weight excluding hydrogens is 317 g/mol. The average molecular weight is 337 g/mol. The Hall–Kier alpha value is -3.15. The molecular formula is C19H20FN5. The number of guanidine groups is 1. The van der Waals surface area contributed by atoms with Gasteiger partial charge in [-0.1, -0.05) is 19.1 Å². The van der Waals surface area contributed by atoms with Crippen LogP contribution in [0.5, 0.6) is 0 Å². The first-order valence-electron chi connectivity index (χ1n) is 8.10. The lowest BCUT2D eigenvalue weighted by Crippen LogP contribution is -2.22. The van der Waals surface area contributed by atoms with Gasteiger partial charge in [0.15, 0.2) is 5.96 Å². The van der Waals surface area contributed by atoms with Gasteiger partial charge in [-0.05, 0) is 54.4 Å². The van der Waals surface area contributed by atoms with E-state index in [1.165, 1.54) is 17.7 Å². The summed E-state index contributed by atoms with van der Waals surface area (Å²) in [5.74, 6) is 0.0660. The van der Waals surface area contributed by atoms with Gasteiger partial charge in [-0.25, -0.2) is 14.1 Å². The molecule has 128 valence electrons. The molecule has 3 aromatic rings. The average Bonchev–Trinajstić information content (AvgIpc) is 3.10. The molecule has 2 aromatic carbocycles. The molecule has 3 N–H and O–H groups in total. The fourth-order valence-corrected chi connectivity index (χ4v) is 2.41. The molecule has 0 aliphatic carbocycles. The first kappa shape index (κ1) is 16.7. The van der Waals surface area contributed by atoms with Crippen molar-refractivity contribution in [3.8, 4) is 5.69 Å². The van der Waals surface area contributed by atoms with E-state index in [9.17, 15) is 4.39 Å². The van der Waals surface area contributed by atoms with Crippen molar-refractivity contribution in [1.82, 2.24) is 9.78 Å². The number of aromatic nitrogens is 2. The third-order valence-corrected chi connectivity index (χ3v) is 3.75. The Morgan fingerprint density at radius 3 is 2.76 bits per heavy atom. The molecule has 0 unspecified atom stereocenters. The van der Waals surface area contributed by atoms with Crippen LogP contribution in [0.15, 0.2) is 65.8 Å². The van der Waals surface area contributed by atoms with Crippen LogP contribution >= 0.6 is 0 Å². The van der Waals surface area contributed by atoms with Crippen molar-refractivity contribution in [2.24, 2.45) is 10.7 Å². The SMILES string of the molecule is CCc1cccc(NC(N)=NCc2ccn(-c3ccc(F)cc3)n2)c1. The minimum Gasteiger partial charge on any atom is -0.370 e. The summed E-state index contributed by atoms with van der Waals surface area (Å²) in [4.78, 5) is 4.31. The van der Waals surface area contributed by atoms with E-state index in [2.05, 4.69) is 28.4 Å². The molecule has 5 nitrogen and oxygen atoms in total. The first-order valence-corrected chi connectivity index (χ1v) is 8.10. The molecule has 0 aliphatic heterocycles. The summed E-state index contributed by atoms with van der Waals surface area (Å²) in [7, 11) is 0. The normalized spacial score (nSPS) is 11.5. The minimum atomic E-state index is -0.272. The number of benzene rings is 2. The molecule has 0 amide bonds. The lowest BCUT2D eigenvalue weighted by atomic mass is 10.1. The van der Waals surface area contributed by atoms with Crippen LogP contribution in [0.3, 0.4) is 0 Å². The maximum absolute atomic E-state index is 13.0. The second-order valence-electron chi connectivity index (χ2n) is 5.61. The van der Waals surface area contributed by atoms with Crippen LogP contribution < -0.4 is 11.1 Å². The van der Waals surface area contributed by atoms with E-state index in [0.717, 1.165) is 23.5 Å². The highest BCUT2D eigenvalue weighted by Crippen LogP contribution is 2.11. The van der Waals surface area contributed by atoms with Gasteiger partial charge in [-0.3, -0.25) is 0 Å². The van der Waals surface area contributed by atoms with Crippen molar-refractivity contribution in [2.45, 2.75) is 19.9 Å². The van der Waals surface area contributed by atoms with Gasteiger partial charge in [0.2, 0.25) is 0 Å². The van der Waals surface area contributed by atoms with Gasteiger partial charge in [-0.15, -0.1) is 0 Å². The second kappa shape index (κ2) is 7.61. The number of aryl methyl sites for hydroxylation is 1. The van der Waals surface area contributed by atoms with Gasteiger partial charge in [0.05, 0.1) is 17.9 Å². The molecule has 0 aliphatic rings. The Balaban J connectivity index is 1.64. The van der Waals surface area contributed by atoms with Gasteiger partial charge in [-0.2, -0.15) is 5.10 Å². The maximum Gasteiger partial charge on any atom is 0.193 e. The van der Waals surface area contributed by atoms with Crippen molar-refractivity contribution in [3.05, 3.63) is 77.9 Å². The van der Waals surface area contributed by atoms with Gasteiger partial charge in [0.25, 0.3) is 0 Å². The molecule has 1 heterocycles. The fourth-order valence-electron chi connectivity index (χ4n) is 2.41. The Kier molecular flexibility index (Phi) is 5.09.